The number of amides is 2. The molecule has 6 nitrogen and oxygen atoms in total. The minimum absolute atomic E-state index is 0.0397. The summed E-state index contributed by atoms with van der Waals surface area (Å²) >= 11 is 12.2. The van der Waals surface area contributed by atoms with Crippen LogP contribution in [0.15, 0.2) is 36.4 Å². The van der Waals surface area contributed by atoms with Gasteiger partial charge in [0.15, 0.2) is 5.54 Å². The number of carbonyl (C=O) groups excluding carboxylic acids is 2. The van der Waals surface area contributed by atoms with E-state index in [2.05, 4.69) is 4.98 Å². The first-order valence-electron chi connectivity index (χ1n) is 10.1. The average molecular weight is 458 g/mol. The van der Waals surface area contributed by atoms with E-state index in [1.807, 2.05) is 31.2 Å². The van der Waals surface area contributed by atoms with Crippen molar-refractivity contribution in [3.8, 4) is 5.75 Å². The Morgan fingerprint density at radius 2 is 1.94 bits per heavy atom. The smallest absolute Gasteiger partial charge is 0.255 e. The third kappa shape index (κ3) is 3.00. The maximum atomic E-state index is 13.8. The minimum atomic E-state index is -1.09. The molecule has 1 N–H and O–H groups in total. The van der Waals surface area contributed by atoms with E-state index in [0.717, 1.165) is 33.5 Å². The Hall–Kier alpha value is -2.70. The first-order chi connectivity index (χ1) is 14.8. The van der Waals surface area contributed by atoms with E-state index in [4.69, 9.17) is 27.9 Å². The number of nitrogens with zero attached hydrogens (tertiary/aromatic N) is 2. The number of aromatic amines is 1. The summed E-state index contributed by atoms with van der Waals surface area (Å²) in [4.78, 5) is 33.6. The second-order valence-corrected chi connectivity index (χ2v) is 8.98. The largest absolute Gasteiger partial charge is 0.497 e. The molecule has 2 aliphatic rings. The number of ether oxygens (including phenoxy) is 1. The van der Waals surface area contributed by atoms with Crippen molar-refractivity contribution in [2.75, 3.05) is 20.2 Å². The molecule has 1 aromatic heterocycles. The van der Waals surface area contributed by atoms with Gasteiger partial charge >= 0.3 is 0 Å². The molecule has 8 heteroatoms. The number of carbonyl (C=O) groups is 2. The number of aromatic nitrogens is 1. The molecule has 31 heavy (non-hydrogen) atoms. The number of nitrogens with one attached hydrogen (secondary N) is 1. The van der Waals surface area contributed by atoms with Crippen LogP contribution in [0, 0.1) is 0 Å². The fourth-order valence-electron chi connectivity index (χ4n) is 4.82. The third-order valence-corrected chi connectivity index (χ3v) is 7.15. The van der Waals surface area contributed by atoms with Gasteiger partial charge in [-0.25, -0.2) is 0 Å². The molecular formula is C23H21Cl2N3O3. The third-order valence-electron chi connectivity index (χ3n) is 6.41. The predicted molar refractivity (Wildman–Crippen MR) is 119 cm³/mol. The Morgan fingerprint density at radius 3 is 2.68 bits per heavy atom. The zero-order valence-corrected chi connectivity index (χ0v) is 18.7. The lowest BCUT2D eigenvalue weighted by Gasteiger charge is -2.49. The molecule has 2 aliphatic heterocycles. The molecule has 0 saturated carbocycles. The van der Waals surface area contributed by atoms with Crippen LogP contribution in [0.5, 0.6) is 5.75 Å². The normalized spacial score (nSPS) is 20.8. The summed E-state index contributed by atoms with van der Waals surface area (Å²) in [6, 6.07) is 11.1. The highest BCUT2D eigenvalue weighted by Gasteiger charge is 2.54. The van der Waals surface area contributed by atoms with Crippen molar-refractivity contribution >= 4 is 45.9 Å². The quantitative estimate of drug-likeness (QED) is 0.642. The van der Waals surface area contributed by atoms with Crippen LogP contribution in [0.1, 0.15) is 23.7 Å². The Balaban J connectivity index is 1.57. The Labute approximate surface area is 189 Å². The molecule has 1 saturated heterocycles. The monoisotopic (exact) mass is 457 g/mol. The van der Waals surface area contributed by atoms with E-state index in [9.17, 15) is 9.59 Å². The van der Waals surface area contributed by atoms with E-state index >= 15 is 0 Å². The Morgan fingerprint density at radius 1 is 1.13 bits per heavy atom. The molecule has 0 unspecified atom stereocenters. The van der Waals surface area contributed by atoms with Gasteiger partial charge in [-0.2, -0.15) is 0 Å². The SMILES string of the molecule is COc1ccc2[nH]c3c(c2c1)CCN1C(=O)CN(Cc2ccc(Cl)c(Cl)c2)C(=O)[C@]31C. The Kier molecular flexibility index (Phi) is 4.68. The van der Waals surface area contributed by atoms with E-state index in [-0.39, 0.29) is 24.9 Å². The van der Waals surface area contributed by atoms with Crippen LogP contribution in [-0.4, -0.2) is 46.8 Å². The molecule has 5 rings (SSSR count). The zero-order valence-electron chi connectivity index (χ0n) is 17.2. The van der Waals surface area contributed by atoms with E-state index in [0.29, 0.717) is 23.0 Å². The lowest BCUT2D eigenvalue weighted by atomic mass is 9.83. The summed E-state index contributed by atoms with van der Waals surface area (Å²) in [5.74, 6) is 0.580. The molecule has 0 radical (unpaired) electrons. The molecule has 3 heterocycles. The van der Waals surface area contributed by atoms with Crippen LogP contribution >= 0.6 is 23.2 Å². The minimum Gasteiger partial charge on any atom is -0.497 e. The highest BCUT2D eigenvalue weighted by molar-refractivity contribution is 6.42. The van der Waals surface area contributed by atoms with Crippen LogP contribution in [0.2, 0.25) is 10.0 Å². The van der Waals surface area contributed by atoms with E-state index < -0.39 is 5.54 Å². The van der Waals surface area contributed by atoms with Gasteiger partial charge in [-0.15, -0.1) is 0 Å². The second kappa shape index (κ2) is 7.18. The zero-order chi connectivity index (χ0) is 21.9. The number of H-pyrrole nitrogens is 1. The number of piperazine rings is 1. The van der Waals surface area contributed by atoms with Crippen molar-refractivity contribution in [1.82, 2.24) is 14.8 Å². The highest BCUT2D eigenvalue weighted by Crippen LogP contribution is 2.43. The fraction of sp³-hybridized carbons (Fsp3) is 0.304. The number of hydrogen-bond acceptors (Lipinski definition) is 3. The number of methoxy groups -OCH3 is 1. The molecule has 0 spiro atoms. The maximum absolute atomic E-state index is 13.8. The lowest BCUT2D eigenvalue weighted by Crippen LogP contribution is -2.66. The summed E-state index contributed by atoms with van der Waals surface area (Å²) in [6.07, 6.45) is 0.684. The van der Waals surface area contributed by atoms with Gasteiger partial charge in [-0.05, 0) is 54.8 Å². The first kappa shape index (κ1) is 20.2. The summed E-state index contributed by atoms with van der Waals surface area (Å²) in [6.45, 7) is 2.66. The maximum Gasteiger partial charge on any atom is 0.255 e. The van der Waals surface area contributed by atoms with Gasteiger partial charge < -0.3 is 19.5 Å². The van der Waals surface area contributed by atoms with Crippen LogP contribution in [0.25, 0.3) is 10.9 Å². The van der Waals surface area contributed by atoms with E-state index in [1.165, 1.54) is 0 Å². The van der Waals surface area contributed by atoms with Gasteiger partial charge in [0, 0.05) is 24.0 Å². The molecule has 2 amide bonds. The lowest BCUT2D eigenvalue weighted by molar-refractivity contribution is -0.166. The summed E-state index contributed by atoms with van der Waals surface area (Å²) in [5.41, 5.74) is 2.50. The highest BCUT2D eigenvalue weighted by atomic mass is 35.5. The number of hydrogen-bond donors (Lipinski definition) is 1. The van der Waals surface area contributed by atoms with Gasteiger partial charge in [0.2, 0.25) is 5.91 Å². The van der Waals surface area contributed by atoms with Gasteiger partial charge in [0.05, 0.1) is 22.8 Å². The molecule has 1 atom stereocenters. The summed E-state index contributed by atoms with van der Waals surface area (Å²) < 4.78 is 5.38. The van der Waals surface area contributed by atoms with Gasteiger partial charge in [-0.3, -0.25) is 9.59 Å². The molecule has 1 fully saturated rings. The molecule has 3 aromatic rings. The van der Waals surface area contributed by atoms with Crippen molar-refractivity contribution in [2.45, 2.75) is 25.4 Å². The molecule has 0 aliphatic carbocycles. The van der Waals surface area contributed by atoms with Crippen LogP contribution in [0.3, 0.4) is 0 Å². The molecular weight excluding hydrogens is 437 g/mol. The fourth-order valence-corrected chi connectivity index (χ4v) is 5.14. The van der Waals surface area contributed by atoms with Gasteiger partial charge in [0.1, 0.15) is 12.3 Å². The molecule has 0 bridgehead atoms. The second-order valence-electron chi connectivity index (χ2n) is 8.17. The predicted octanol–water partition coefficient (Wildman–Crippen LogP) is 4.13. The van der Waals surface area contributed by atoms with Crippen molar-refractivity contribution in [2.24, 2.45) is 0 Å². The number of rotatable bonds is 3. The van der Waals surface area contributed by atoms with E-state index in [1.54, 1.807) is 29.0 Å². The number of benzene rings is 2. The first-order valence-corrected chi connectivity index (χ1v) is 10.8. The number of halogens is 2. The Bertz CT molecular complexity index is 1240. The molecule has 2 aromatic carbocycles. The standard InChI is InChI=1S/C23H21Cl2N3O3/c1-23-21-15(16-10-14(31-2)4-6-19(16)26-21)7-8-28(23)20(29)12-27(22(23)30)11-13-3-5-17(24)18(25)9-13/h3-6,9-10,26H,7-8,11-12H2,1-2H3/t23-/m0/s1. The average Bonchev–Trinajstić information content (AvgIpc) is 3.13. The topological polar surface area (TPSA) is 65.6 Å². The van der Waals surface area contributed by atoms with Crippen LogP contribution in [-0.2, 0) is 28.1 Å². The summed E-state index contributed by atoms with van der Waals surface area (Å²) in [7, 11) is 1.63. The molecule has 160 valence electrons. The van der Waals surface area contributed by atoms with Crippen molar-refractivity contribution in [1.29, 1.82) is 0 Å². The van der Waals surface area contributed by atoms with Crippen LogP contribution in [0.4, 0.5) is 0 Å². The van der Waals surface area contributed by atoms with Gasteiger partial charge in [0.25, 0.3) is 5.91 Å². The van der Waals surface area contributed by atoms with Crippen molar-refractivity contribution < 1.29 is 14.3 Å². The number of fused-ring (bicyclic) bond motifs is 5. The van der Waals surface area contributed by atoms with Gasteiger partial charge in [-0.1, -0.05) is 29.3 Å². The van der Waals surface area contributed by atoms with Crippen molar-refractivity contribution in [3.05, 3.63) is 63.3 Å². The van der Waals surface area contributed by atoms with Crippen LogP contribution < -0.4 is 4.74 Å². The summed E-state index contributed by atoms with van der Waals surface area (Å²) in [5, 5.41) is 1.90. The van der Waals surface area contributed by atoms with Crippen molar-refractivity contribution in [3.63, 3.8) is 0 Å².